The molecule has 1 aromatic rings. The number of ether oxygens (including phenoxy) is 2. The van der Waals surface area contributed by atoms with Crippen molar-refractivity contribution in [3.63, 3.8) is 0 Å². The van der Waals surface area contributed by atoms with E-state index >= 15 is 0 Å². The molecule has 0 heterocycles. The van der Waals surface area contributed by atoms with Crippen LogP contribution in [0.25, 0.3) is 0 Å². The van der Waals surface area contributed by atoms with Crippen molar-refractivity contribution in [1.29, 1.82) is 0 Å². The third kappa shape index (κ3) is 6.63. The SMILES string of the molecule is COCC(C)OCC(O)CSc1ccc(N)cc1Br. The topological polar surface area (TPSA) is 64.7 Å². The van der Waals surface area contributed by atoms with Gasteiger partial charge >= 0.3 is 0 Å². The molecular formula is C13H20BrNO3S. The second-order valence-electron chi connectivity index (χ2n) is 4.25. The third-order valence-corrected chi connectivity index (χ3v) is 4.50. The Balaban J connectivity index is 2.31. The van der Waals surface area contributed by atoms with E-state index in [9.17, 15) is 5.11 Å². The van der Waals surface area contributed by atoms with Crippen molar-refractivity contribution >= 4 is 33.4 Å². The fraction of sp³-hybridized carbons (Fsp3) is 0.538. The molecule has 0 spiro atoms. The summed E-state index contributed by atoms with van der Waals surface area (Å²) in [7, 11) is 1.63. The zero-order valence-electron chi connectivity index (χ0n) is 11.1. The van der Waals surface area contributed by atoms with E-state index in [0.717, 1.165) is 9.37 Å². The number of thioether (sulfide) groups is 1. The normalized spacial score (nSPS) is 14.3. The first kappa shape index (κ1) is 16.8. The van der Waals surface area contributed by atoms with Crippen LogP contribution >= 0.6 is 27.7 Å². The Labute approximate surface area is 126 Å². The maximum atomic E-state index is 9.85. The second kappa shape index (κ2) is 8.81. The first-order chi connectivity index (χ1) is 9.02. The average molecular weight is 350 g/mol. The van der Waals surface area contributed by atoms with Gasteiger partial charge in [-0.2, -0.15) is 0 Å². The predicted octanol–water partition coefficient (Wildman–Crippen LogP) is 2.54. The van der Waals surface area contributed by atoms with Crippen molar-refractivity contribution in [3.8, 4) is 0 Å². The largest absolute Gasteiger partial charge is 0.399 e. The summed E-state index contributed by atoms with van der Waals surface area (Å²) in [5.41, 5.74) is 6.39. The molecule has 1 aromatic carbocycles. The molecule has 0 saturated carbocycles. The molecule has 0 bridgehead atoms. The summed E-state index contributed by atoms with van der Waals surface area (Å²) >= 11 is 5.01. The van der Waals surface area contributed by atoms with E-state index in [2.05, 4.69) is 15.9 Å². The van der Waals surface area contributed by atoms with Gasteiger partial charge in [0.25, 0.3) is 0 Å². The fourth-order valence-electron chi connectivity index (χ4n) is 1.43. The van der Waals surface area contributed by atoms with Gasteiger partial charge in [-0.3, -0.25) is 0 Å². The van der Waals surface area contributed by atoms with Crippen LogP contribution in [0, 0.1) is 0 Å². The quantitative estimate of drug-likeness (QED) is 0.557. The van der Waals surface area contributed by atoms with Crippen molar-refractivity contribution in [3.05, 3.63) is 22.7 Å². The standard InChI is InChI=1S/C13H20BrNO3S/c1-9(6-17-2)18-7-11(16)8-19-13-4-3-10(15)5-12(13)14/h3-5,9,11,16H,6-8,15H2,1-2H3. The highest BCUT2D eigenvalue weighted by Crippen LogP contribution is 2.29. The maximum Gasteiger partial charge on any atom is 0.0867 e. The molecule has 2 unspecified atom stereocenters. The third-order valence-electron chi connectivity index (χ3n) is 2.36. The number of hydrogen-bond donors (Lipinski definition) is 2. The first-order valence-corrected chi connectivity index (χ1v) is 7.77. The number of hydrogen-bond acceptors (Lipinski definition) is 5. The molecule has 0 saturated heterocycles. The van der Waals surface area contributed by atoms with Crippen molar-refractivity contribution in [1.82, 2.24) is 0 Å². The molecule has 0 radical (unpaired) electrons. The van der Waals surface area contributed by atoms with Gasteiger partial charge in [-0.15, -0.1) is 11.8 Å². The molecule has 0 aliphatic heterocycles. The van der Waals surface area contributed by atoms with Crippen LogP contribution in [0.1, 0.15) is 6.92 Å². The van der Waals surface area contributed by atoms with Crippen LogP contribution in [0.5, 0.6) is 0 Å². The Morgan fingerprint density at radius 3 is 2.79 bits per heavy atom. The minimum Gasteiger partial charge on any atom is -0.399 e. The molecule has 0 amide bonds. The molecule has 4 nitrogen and oxygen atoms in total. The van der Waals surface area contributed by atoms with E-state index in [-0.39, 0.29) is 6.10 Å². The van der Waals surface area contributed by atoms with Crippen LogP contribution in [0.3, 0.4) is 0 Å². The lowest BCUT2D eigenvalue weighted by Crippen LogP contribution is -2.24. The summed E-state index contributed by atoms with van der Waals surface area (Å²) in [5, 5.41) is 9.85. The molecule has 0 aliphatic rings. The van der Waals surface area contributed by atoms with E-state index in [4.69, 9.17) is 15.2 Å². The van der Waals surface area contributed by atoms with Crippen LogP contribution in [0.2, 0.25) is 0 Å². The number of benzene rings is 1. The second-order valence-corrected chi connectivity index (χ2v) is 6.17. The van der Waals surface area contributed by atoms with Crippen molar-refractivity contribution in [2.45, 2.75) is 24.0 Å². The highest BCUT2D eigenvalue weighted by atomic mass is 79.9. The number of aliphatic hydroxyl groups excluding tert-OH is 1. The number of anilines is 1. The minimum absolute atomic E-state index is 0.00657. The van der Waals surface area contributed by atoms with Crippen LogP contribution in [-0.2, 0) is 9.47 Å². The maximum absolute atomic E-state index is 9.85. The lowest BCUT2D eigenvalue weighted by atomic mass is 10.3. The monoisotopic (exact) mass is 349 g/mol. The molecule has 0 aliphatic carbocycles. The lowest BCUT2D eigenvalue weighted by Gasteiger charge is -2.16. The van der Waals surface area contributed by atoms with Crippen molar-refractivity contribution < 1.29 is 14.6 Å². The summed E-state index contributed by atoms with van der Waals surface area (Å²) in [4.78, 5) is 1.05. The minimum atomic E-state index is -0.506. The Morgan fingerprint density at radius 1 is 1.42 bits per heavy atom. The summed E-state index contributed by atoms with van der Waals surface area (Å²) in [5.74, 6) is 0.572. The molecule has 0 fully saturated rings. The Kier molecular flexibility index (Phi) is 7.78. The van der Waals surface area contributed by atoms with Gasteiger partial charge in [0.1, 0.15) is 0 Å². The molecule has 3 N–H and O–H groups in total. The highest BCUT2D eigenvalue weighted by Gasteiger charge is 2.10. The lowest BCUT2D eigenvalue weighted by molar-refractivity contribution is -0.0257. The summed E-state index contributed by atoms with van der Waals surface area (Å²) in [6, 6.07) is 5.63. The molecule has 0 aromatic heterocycles. The number of methoxy groups -OCH3 is 1. The molecule has 108 valence electrons. The zero-order valence-corrected chi connectivity index (χ0v) is 13.5. The predicted molar refractivity (Wildman–Crippen MR) is 82.6 cm³/mol. The smallest absolute Gasteiger partial charge is 0.0867 e. The molecule has 1 rings (SSSR count). The van der Waals surface area contributed by atoms with Gasteiger partial charge in [0, 0.05) is 27.9 Å². The average Bonchev–Trinajstić information content (AvgIpc) is 2.35. The number of halogens is 1. The Hall–Kier alpha value is -0.270. The van der Waals surface area contributed by atoms with Crippen LogP contribution in [0.15, 0.2) is 27.6 Å². The molecule has 19 heavy (non-hydrogen) atoms. The van der Waals surface area contributed by atoms with E-state index in [1.54, 1.807) is 18.9 Å². The summed E-state index contributed by atoms with van der Waals surface area (Å²) < 4.78 is 11.4. The first-order valence-electron chi connectivity index (χ1n) is 5.99. The van der Waals surface area contributed by atoms with Gasteiger partial charge in [0.2, 0.25) is 0 Å². The van der Waals surface area contributed by atoms with E-state index in [1.807, 2.05) is 25.1 Å². The van der Waals surface area contributed by atoms with Gasteiger partial charge in [0.05, 0.1) is 25.4 Å². The van der Waals surface area contributed by atoms with Crippen LogP contribution in [-0.4, -0.2) is 43.4 Å². The highest BCUT2D eigenvalue weighted by molar-refractivity contribution is 9.10. The number of aliphatic hydroxyl groups is 1. The van der Waals surface area contributed by atoms with Gasteiger partial charge in [-0.25, -0.2) is 0 Å². The summed E-state index contributed by atoms with van der Waals surface area (Å²) in [6.07, 6.45) is -0.512. The van der Waals surface area contributed by atoms with Crippen molar-refractivity contribution in [2.24, 2.45) is 0 Å². The van der Waals surface area contributed by atoms with Crippen LogP contribution in [0.4, 0.5) is 5.69 Å². The van der Waals surface area contributed by atoms with Crippen LogP contribution < -0.4 is 5.73 Å². The molecule has 6 heteroatoms. The number of rotatable bonds is 8. The number of nitrogens with two attached hydrogens (primary N) is 1. The molecular weight excluding hydrogens is 330 g/mol. The number of nitrogen functional groups attached to an aromatic ring is 1. The van der Waals surface area contributed by atoms with E-state index in [1.165, 1.54) is 0 Å². The van der Waals surface area contributed by atoms with Crippen molar-refractivity contribution in [2.75, 3.05) is 31.8 Å². The van der Waals surface area contributed by atoms with Gasteiger partial charge in [0.15, 0.2) is 0 Å². The van der Waals surface area contributed by atoms with Gasteiger partial charge < -0.3 is 20.3 Å². The Morgan fingerprint density at radius 2 is 2.16 bits per heavy atom. The van der Waals surface area contributed by atoms with E-state index < -0.39 is 6.10 Å². The summed E-state index contributed by atoms with van der Waals surface area (Å²) in [6.45, 7) is 2.76. The van der Waals surface area contributed by atoms with Gasteiger partial charge in [-0.1, -0.05) is 0 Å². The van der Waals surface area contributed by atoms with E-state index in [0.29, 0.717) is 24.7 Å². The van der Waals surface area contributed by atoms with Gasteiger partial charge in [-0.05, 0) is 41.1 Å². The zero-order chi connectivity index (χ0) is 14.3. The fourth-order valence-corrected chi connectivity index (χ4v) is 3.00. The molecule has 2 atom stereocenters. The Bertz CT molecular complexity index is 392.